The molecule has 1 aliphatic rings. The van der Waals surface area contributed by atoms with E-state index in [9.17, 15) is 8.42 Å². The summed E-state index contributed by atoms with van der Waals surface area (Å²) in [4.78, 5) is 2.30. The molecule has 0 aromatic heterocycles. The van der Waals surface area contributed by atoms with Crippen molar-refractivity contribution in [2.45, 2.75) is 32.2 Å². The van der Waals surface area contributed by atoms with Crippen LogP contribution < -0.4 is 10.0 Å². The van der Waals surface area contributed by atoms with Crippen LogP contribution in [0.2, 0.25) is 0 Å². The largest absolute Gasteiger partial charge is 0.320 e. The fourth-order valence-corrected chi connectivity index (χ4v) is 3.53. The first-order chi connectivity index (χ1) is 8.07. The van der Waals surface area contributed by atoms with Crippen molar-refractivity contribution in [2.75, 3.05) is 39.0 Å². The quantitative estimate of drug-likeness (QED) is 0.635. The summed E-state index contributed by atoms with van der Waals surface area (Å²) in [5, 5.41) is 2.96. The van der Waals surface area contributed by atoms with Crippen LogP contribution >= 0.6 is 0 Å². The average molecular weight is 263 g/mol. The van der Waals surface area contributed by atoms with E-state index in [2.05, 4.69) is 21.9 Å². The molecule has 6 heteroatoms. The Balaban J connectivity index is 2.36. The number of nitrogens with one attached hydrogen (secondary N) is 2. The smallest absolute Gasteiger partial charge is 0.211 e. The Bertz CT molecular complexity index is 306. The Hall–Kier alpha value is -0.170. The van der Waals surface area contributed by atoms with Crippen molar-refractivity contribution in [3.05, 3.63) is 0 Å². The molecule has 1 atom stereocenters. The maximum Gasteiger partial charge on any atom is 0.211 e. The molecule has 102 valence electrons. The molecule has 1 unspecified atom stereocenters. The zero-order valence-electron chi connectivity index (χ0n) is 10.9. The first-order valence-electron chi connectivity index (χ1n) is 6.44. The molecule has 1 saturated heterocycles. The van der Waals surface area contributed by atoms with Gasteiger partial charge in [-0.3, -0.25) is 0 Å². The summed E-state index contributed by atoms with van der Waals surface area (Å²) in [5.41, 5.74) is 0. The average Bonchev–Trinajstić information content (AvgIpc) is 2.29. The van der Waals surface area contributed by atoms with Gasteiger partial charge in [0.25, 0.3) is 0 Å². The van der Waals surface area contributed by atoms with Gasteiger partial charge in [0, 0.05) is 12.6 Å². The molecule has 0 aromatic carbocycles. The van der Waals surface area contributed by atoms with E-state index in [0.29, 0.717) is 6.42 Å². The van der Waals surface area contributed by atoms with E-state index in [1.807, 2.05) is 7.05 Å². The molecule has 0 spiro atoms. The van der Waals surface area contributed by atoms with Crippen LogP contribution in [0.3, 0.4) is 0 Å². The van der Waals surface area contributed by atoms with Gasteiger partial charge in [-0.15, -0.1) is 0 Å². The maximum atomic E-state index is 11.8. The maximum absolute atomic E-state index is 11.8. The standard InChI is InChI=1S/C11H25N3O2S/c1-3-14-8-4-6-11(10-14)13-17(15,16)9-5-7-12-2/h11-13H,3-10H2,1-2H3. The van der Waals surface area contributed by atoms with Gasteiger partial charge >= 0.3 is 0 Å². The second-order valence-corrected chi connectivity index (χ2v) is 6.50. The first kappa shape index (κ1) is 14.9. The highest BCUT2D eigenvalue weighted by Gasteiger charge is 2.22. The van der Waals surface area contributed by atoms with Gasteiger partial charge in [-0.05, 0) is 45.9 Å². The van der Waals surface area contributed by atoms with Gasteiger partial charge in [-0.25, -0.2) is 13.1 Å². The van der Waals surface area contributed by atoms with Crippen molar-refractivity contribution in [3.8, 4) is 0 Å². The highest BCUT2D eigenvalue weighted by atomic mass is 32.2. The minimum atomic E-state index is -3.10. The second-order valence-electron chi connectivity index (χ2n) is 4.63. The molecule has 0 bridgehead atoms. The lowest BCUT2D eigenvalue weighted by molar-refractivity contribution is 0.211. The minimum Gasteiger partial charge on any atom is -0.320 e. The van der Waals surface area contributed by atoms with E-state index in [1.165, 1.54) is 0 Å². The number of likely N-dealkylation sites (N-methyl/N-ethyl adjacent to an activating group) is 1. The van der Waals surface area contributed by atoms with Crippen molar-refractivity contribution in [1.82, 2.24) is 14.9 Å². The highest BCUT2D eigenvalue weighted by Crippen LogP contribution is 2.10. The normalized spacial score (nSPS) is 22.8. The van der Waals surface area contributed by atoms with Crippen molar-refractivity contribution in [3.63, 3.8) is 0 Å². The molecule has 2 N–H and O–H groups in total. The van der Waals surface area contributed by atoms with Crippen LogP contribution in [0.15, 0.2) is 0 Å². The lowest BCUT2D eigenvalue weighted by Crippen LogP contribution is -2.48. The van der Waals surface area contributed by atoms with Gasteiger partial charge in [-0.1, -0.05) is 6.92 Å². The fourth-order valence-electron chi connectivity index (χ4n) is 2.19. The van der Waals surface area contributed by atoms with Gasteiger partial charge in [0.2, 0.25) is 10.0 Å². The van der Waals surface area contributed by atoms with Crippen molar-refractivity contribution in [1.29, 1.82) is 0 Å². The summed E-state index contributed by atoms with van der Waals surface area (Å²) >= 11 is 0. The number of hydrogen-bond donors (Lipinski definition) is 2. The molecule has 0 saturated carbocycles. The lowest BCUT2D eigenvalue weighted by Gasteiger charge is -2.32. The van der Waals surface area contributed by atoms with E-state index in [1.54, 1.807) is 0 Å². The molecule has 0 radical (unpaired) electrons. The third-order valence-electron chi connectivity index (χ3n) is 3.14. The van der Waals surface area contributed by atoms with Crippen molar-refractivity contribution in [2.24, 2.45) is 0 Å². The Kier molecular flexibility index (Phi) is 6.40. The summed E-state index contributed by atoms with van der Waals surface area (Å²) in [6.07, 6.45) is 2.70. The third kappa shape index (κ3) is 5.81. The zero-order valence-corrected chi connectivity index (χ0v) is 11.7. The van der Waals surface area contributed by atoms with Crippen molar-refractivity contribution < 1.29 is 8.42 Å². The molecule has 1 heterocycles. The van der Waals surface area contributed by atoms with Crippen LogP contribution in [0.4, 0.5) is 0 Å². The van der Waals surface area contributed by atoms with Gasteiger partial charge in [-0.2, -0.15) is 0 Å². The molecule has 1 fully saturated rings. The summed E-state index contributed by atoms with van der Waals surface area (Å²) in [6.45, 7) is 5.80. The topological polar surface area (TPSA) is 61.4 Å². The third-order valence-corrected chi connectivity index (χ3v) is 4.66. The first-order valence-corrected chi connectivity index (χ1v) is 8.09. The second kappa shape index (κ2) is 7.31. The molecule has 1 rings (SSSR count). The van der Waals surface area contributed by atoms with Crippen LogP contribution in [0.25, 0.3) is 0 Å². The molecule has 0 amide bonds. The zero-order chi connectivity index (χ0) is 12.7. The lowest BCUT2D eigenvalue weighted by atomic mass is 10.1. The van der Waals surface area contributed by atoms with Crippen LogP contribution in [-0.2, 0) is 10.0 Å². The molecular formula is C11H25N3O2S. The number of rotatable bonds is 7. The van der Waals surface area contributed by atoms with Crippen LogP contribution in [0.1, 0.15) is 26.2 Å². The summed E-state index contributed by atoms with van der Waals surface area (Å²) in [6, 6.07) is 0.100. The number of sulfonamides is 1. The van der Waals surface area contributed by atoms with Gasteiger partial charge < -0.3 is 10.2 Å². The molecule has 0 aromatic rings. The predicted molar refractivity (Wildman–Crippen MR) is 70.6 cm³/mol. The molecular weight excluding hydrogens is 238 g/mol. The van der Waals surface area contributed by atoms with E-state index < -0.39 is 10.0 Å². The van der Waals surface area contributed by atoms with Gasteiger partial charge in [0.1, 0.15) is 0 Å². The number of piperidine rings is 1. The van der Waals surface area contributed by atoms with Crippen LogP contribution in [0, 0.1) is 0 Å². The van der Waals surface area contributed by atoms with E-state index >= 15 is 0 Å². The molecule has 17 heavy (non-hydrogen) atoms. The van der Waals surface area contributed by atoms with E-state index in [4.69, 9.17) is 0 Å². The Morgan fingerprint density at radius 3 is 2.82 bits per heavy atom. The molecule has 0 aliphatic carbocycles. The fraction of sp³-hybridized carbons (Fsp3) is 1.00. The van der Waals surface area contributed by atoms with E-state index in [-0.39, 0.29) is 11.8 Å². The van der Waals surface area contributed by atoms with Gasteiger partial charge in [0.05, 0.1) is 5.75 Å². The number of hydrogen-bond acceptors (Lipinski definition) is 4. The number of likely N-dealkylation sites (tertiary alicyclic amines) is 1. The summed E-state index contributed by atoms with van der Waals surface area (Å²) in [7, 11) is -1.27. The Morgan fingerprint density at radius 1 is 1.41 bits per heavy atom. The van der Waals surface area contributed by atoms with Crippen molar-refractivity contribution >= 4 is 10.0 Å². The predicted octanol–water partition coefficient (Wildman–Crippen LogP) is -0.000400. The monoisotopic (exact) mass is 263 g/mol. The van der Waals surface area contributed by atoms with Crippen LogP contribution in [0.5, 0.6) is 0 Å². The molecule has 1 aliphatic heterocycles. The molecule has 5 nitrogen and oxygen atoms in total. The Morgan fingerprint density at radius 2 is 2.18 bits per heavy atom. The Labute approximate surface area is 105 Å². The van der Waals surface area contributed by atoms with E-state index in [0.717, 1.165) is 39.0 Å². The SMILES string of the molecule is CCN1CCCC(NS(=O)(=O)CCCNC)C1. The number of nitrogens with zero attached hydrogens (tertiary/aromatic N) is 1. The highest BCUT2D eigenvalue weighted by molar-refractivity contribution is 7.89. The van der Waals surface area contributed by atoms with Crippen LogP contribution in [-0.4, -0.2) is 58.3 Å². The van der Waals surface area contributed by atoms with Gasteiger partial charge in [0.15, 0.2) is 0 Å². The minimum absolute atomic E-state index is 0.100. The summed E-state index contributed by atoms with van der Waals surface area (Å²) < 4.78 is 26.4. The summed E-state index contributed by atoms with van der Waals surface area (Å²) in [5.74, 6) is 0.219.